The standard InChI is InChI=1S/C36H33F5N8O3S/c1-18(19-3-2-8-45-31(19)43)49-11-14-51-29-25-28(46-34(47-33(25)49)52-17-35(6-7-35)16-48-9-12-50-13-10-48)27(38)24(26(29)36(39,40)41)20-4-5-22(37)30-23(20)21(15-42)32(44)53-30/h2-5,8,18H,6-7,9-14,16-17,44H2,1H3,(H2,43,45). The lowest BCUT2D eigenvalue weighted by Crippen LogP contribution is -2.41. The molecule has 1 aliphatic carbocycles. The summed E-state index contributed by atoms with van der Waals surface area (Å²) in [6.07, 6.45) is -1.92. The Morgan fingerprint density at radius 2 is 1.85 bits per heavy atom. The molecule has 5 heterocycles. The molecule has 0 radical (unpaired) electrons. The first kappa shape index (κ1) is 35.0. The normalized spacial score (nSPS) is 17.7. The topological polar surface area (TPSA) is 149 Å². The fraction of sp³-hybridized carbons (Fsp3) is 0.389. The average Bonchev–Trinajstić information content (AvgIpc) is 3.85. The van der Waals surface area contributed by atoms with Gasteiger partial charge >= 0.3 is 12.2 Å². The zero-order valence-electron chi connectivity index (χ0n) is 28.4. The number of nitrogen functional groups attached to an aromatic ring is 2. The van der Waals surface area contributed by atoms with Gasteiger partial charge in [-0.2, -0.15) is 28.4 Å². The number of hydrogen-bond donors (Lipinski definition) is 2. The Hall–Kier alpha value is -5.05. The van der Waals surface area contributed by atoms with E-state index in [9.17, 15) is 5.26 Å². The predicted molar refractivity (Wildman–Crippen MR) is 189 cm³/mol. The summed E-state index contributed by atoms with van der Waals surface area (Å²) in [7, 11) is 0. The van der Waals surface area contributed by atoms with Gasteiger partial charge in [-0.25, -0.2) is 13.8 Å². The van der Waals surface area contributed by atoms with Gasteiger partial charge in [-0.3, -0.25) is 4.90 Å². The monoisotopic (exact) mass is 752 g/mol. The number of thiophene rings is 1. The van der Waals surface area contributed by atoms with Crippen LogP contribution >= 0.6 is 11.3 Å². The molecule has 5 aromatic rings. The number of pyridine rings is 1. The number of nitrogens with zero attached hydrogens (tertiary/aromatic N) is 6. The van der Waals surface area contributed by atoms with Crippen LogP contribution in [0.5, 0.6) is 11.8 Å². The molecule has 17 heteroatoms. The number of benzene rings is 2. The van der Waals surface area contributed by atoms with Crippen molar-refractivity contribution in [2.75, 3.05) is 69.0 Å². The second-order valence-electron chi connectivity index (χ2n) is 13.6. The van der Waals surface area contributed by atoms with Gasteiger partial charge in [0.25, 0.3) is 0 Å². The van der Waals surface area contributed by atoms with Gasteiger partial charge in [-0.1, -0.05) is 12.1 Å². The minimum absolute atomic E-state index is 0.0192. The molecular formula is C36H33F5N8O3S. The zero-order valence-corrected chi connectivity index (χ0v) is 29.2. The Morgan fingerprint density at radius 1 is 1.08 bits per heavy atom. The summed E-state index contributed by atoms with van der Waals surface area (Å²) in [5.74, 6) is -2.75. The third kappa shape index (κ3) is 6.08. The predicted octanol–water partition coefficient (Wildman–Crippen LogP) is 6.69. The SMILES string of the molecule is CC(c1cccnc1N)N1CCOc2c(C(F)(F)F)c(-c3ccc(F)c4sc(N)c(C#N)c34)c(F)c3nc(OCC4(CN5CCOCC5)CC4)nc1c23. The van der Waals surface area contributed by atoms with Crippen molar-refractivity contribution < 1.29 is 36.2 Å². The van der Waals surface area contributed by atoms with Crippen LogP contribution in [-0.2, 0) is 10.9 Å². The molecule has 276 valence electrons. The van der Waals surface area contributed by atoms with Crippen molar-refractivity contribution in [2.24, 2.45) is 5.41 Å². The molecule has 1 saturated heterocycles. The molecule has 4 N–H and O–H groups in total. The Balaban J connectivity index is 1.36. The minimum atomic E-state index is -5.20. The number of hydrogen-bond acceptors (Lipinski definition) is 12. The fourth-order valence-corrected chi connectivity index (χ4v) is 8.32. The van der Waals surface area contributed by atoms with Gasteiger partial charge in [0.05, 0.1) is 48.1 Å². The van der Waals surface area contributed by atoms with E-state index in [4.69, 9.17) is 25.7 Å². The molecule has 1 atom stereocenters. The van der Waals surface area contributed by atoms with Gasteiger partial charge in [0.1, 0.15) is 52.0 Å². The number of alkyl halides is 3. The first-order valence-electron chi connectivity index (χ1n) is 17.0. The van der Waals surface area contributed by atoms with E-state index in [2.05, 4.69) is 19.9 Å². The van der Waals surface area contributed by atoms with Crippen LogP contribution in [-0.4, -0.2) is 72.5 Å². The van der Waals surface area contributed by atoms with E-state index in [-0.39, 0.29) is 74.4 Å². The summed E-state index contributed by atoms with van der Waals surface area (Å²) < 4.78 is 96.2. The molecule has 0 bridgehead atoms. The molecule has 53 heavy (non-hydrogen) atoms. The molecular weight excluding hydrogens is 720 g/mol. The van der Waals surface area contributed by atoms with E-state index in [1.165, 1.54) is 6.20 Å². The van der Waals surface area contributed by atoms with Gasteiger partial charge in [0.15, 0.2) is 5.82 Å². The highest BCUT2D eigenvalue weighted by Gasteiger charge is 2.46. The number of morpholine rings is 1. The molecule has 11 nitrogen and oxygen atoms in total. The first-order valence-corrected chi connectivity index (χ1v) is 17.8. The molecule has 2 aromatic carbocycles. The van der Waals surface area contributed by atoms with Crippen LogP contribution in [0.2, 0.25) is 0 Å². The fourth-order valence-electron chi connectivity index (χ4n) is 7.37. The molecule has 1 unspecified atom stereocenters. The van der Waals surface area contributed by atoms with Crippen LogP contribution < -0.4 is 25.8 Å². The van der Waals surface area contributed by atoms with Gasteiger partial charge in [0.2, 0.25) is 0 Å². The van der Waals surface area contributed by atoms with Crippen molar-refractivity contribution >= 4 is 49.0 Å². The summed E-state index contributed by atoms with van der Waals surface area (Å²) in [5.41, 5.74) is 9.04. The molecule has 2 fully saturated rings. The van der Waals surface area contributed by atoms with Crippen molar-refractivity contribution in [1.82, 2.24) is 19.9 Å². The number of fused-ring (bicyclic) bond motifs is 1. The number of aromatic nitrogens is 3. The molecule has 1 saturated carbocycles. The maximum atomic E-state index is 17.4. The number of nitrogens with two attached hydrogens (primary N) is 2. The van der Waals surface area contributed by atoms with Crippen molar-refractivity contribution in [1.29, 1.82) is 5.26 Å². The van der Waals surface area contributed by atoms with Crippen molar-refractivity contribution in [2.45, 2.75) is 32.0 Å². The van der Waals surface area contributed by atoms with E-state index in [1.54, 1.807) is 24.0 Å². The number of rotatable bonds is 8. The van der Waals surface area contributed by atoms with Gasteiger partial charge in [0, 0.05) is 47.8 Å². The highest BCUT2D eigenvalue weighted by atomic mass is 32.1. The number of halogens is 5. The second-order valence-corrected chi connectivity index (χ2v) is 14.6. The van der Waals surface area contributed by atoms with Crippen LogP contribution in [0.1, 0.15) is 42.5 Å². The number of ether oxygens (including phenoxy) is 3. The third-order valence-corrected chi connectivity index (χ3v) is 11.3. The quantitative estimate of drug-likeness (QED) is 0.163. The highest BCUT2D eigenvalue weighted by Crippen LogP contribution is 2.54. The summed E-state index contributed by atoms with van der Waals surface area (Å²) in [6.45, 7) is 5.29. The molecule has 0 amide bonds. The van der Waals surface area contributed by atoms with E-state index in [1.807, 2.05) is 6.07 Å². The van der Waals surface area contributed by atoms with Crippen LogP contribution in [0.3, 0.4) is 0 Å². The van der Waals surface area contributed by atoms with Crippen LogP contribution in [0.25, 0.3) is 32.1 Å². The molecule has 2 aliphatic heterocycles. The van der Waals surface area contributed by atoms with E-state index in [0.717, 1.165) is 44.6 Å². The third-order valence-electron chi connectivity index (χ3n) is 10.3. The highest BCUT2D eigenvalue weighted by molar-refractivity contribution is 7.23. The van der Waals surface area contributed by atoms with Crippen molar-refractivity contribution in [3.8, 4) is 29.0 Å². The Labute approximate surface area is 303 Å². The van der Waals surface area contributed by atoms with Gasteiger partial charge < -0.3 is 30.6 Å². The molecule has 3 aliphatic rings. The van der Waals surface area contributed by atoms with Crippen LogP contribution in [0.4, 0.5) is 38.6 Å². The maximum Gasteiger partial charge on any atom is 0.420 e. The zero-order chi connectivity index (χ0) is 37.2. The van der Waals surface area contributed by atoms with Crippen LogP contribution in [0, 0.1) is 28.4 Å². The minimum Gasteiger partial charge on any atom is -0.490 e. The lowest BCUT2D eigenvalue weighted by molar-refractivity contribution is -0.138. The summed E-state index contributed by atoms with van der Waals surface area (Å²) in [5, 5.41) is 9.25. The smallest absolute Gasteiger partial charge is 0.420 e. The van der Waals surface area contributed by atoms with Crippen molar-refractivity contribution in [3.05, 3.63) is 58.8 Å². The molecule has 3 aromatic heterocycles. The van der Waals surface area contributed by atoms with Crippen molar-refractivity contribution in [3.63, 3.8) is 0 Å². The Bertz CT molecular complexity index is 2300. The van der Waals surface area contributed by atoms with E-state index < -0.39 is 46.2 Å². The largest absolute Gasteiger partial charge is 0.490 e. The first-order chi connectivity index (χ1) is 25.4. The summed E-state index contributed by atoms with van der Waals surface area (Å²) in [4.78, 5) is 17.2. The maximum absolute atomic E-state index is 17.4. The van der Waals surface area contributed by atoms with Gasteiger partial charge in [-0.05, 0) is 37.5 Å². The van der Waals surface area contributed by atoms with Crippen LogP contribution in [0.15, 0.2) is 30.5 Å². The van der Waals surface area contributed by atoms with E-state index >= 15 is 22.0 Å². The Kier molecular flexibility index (Phi) is 8.66. The lowest BCUT2D eigenvalue weighted by atomic mass is 9.91. The lowest BCUT2D eigenvalue weighted by Gasteiger charge is -2.31. The second kappa shape index (κ2) is 13.1. The Morgan fingerprint density at radius 3 is 2.55 bits per heavy atom. The number of nitriles is 1. The average molecular weight is 753 g/mol. The summed E-state index contributed by atoms with van der Waals surface area (Å²) in [6, 6.07) is 6.35. The van der Waals surface area contributed by atoms with Gasteiger partial charge in [-0.15, -0.1) is 11.3 Å². The molecule has 0 spiro atoms. The van der Waals surface area contributed by atoms with E-state index in [0.29, 0.717) is 30.1 Å². The molecule has 8 rings (SSSR count). The number of anilines is 3. The summed E-state index contributed by atoms with van der Waals surface area (Å²) >= 11 is 0.688.